The summed E-state index contributed by atoms with van der Waals surface area (Å²) in [5, 5.41) is 7.88. The minimum atomic E-state index is 0. The SMILES string of the molecule is CCNC(=NCCCN(C)CCOC)NCCc1nc(C)c(C)s1.I. The first-order valence-corrected chi connectivity index (χ1v) is 9.51. The summed E-state index contributed by atoms with van der Waals surface area (Å²) in [4.78, 5) is 12.8. The monoisotopic (exact) mass is 483 g/mol. The van der Waals surface area contributed by atoms with E-state index in [0.717, 1.165) is 63.8 Å². The molecule has 1 rings (SSSR count). The van der Waals surface area contributed by atoms with Crippen molar-refractivity contribution in [2.24, 2.45) is 4.99 Å². The highest BCUT2D eigenvalue weighted by Crippen LogP contribution is 2.16. The largest absolute Gasteiger partial charge is 0.383 e. The van der Waals surface area contributed by atoms with Gasteiger partial charge in [-0.1, -0.05) is 0 Å². The number of nitrogens with zero attached hydrogens (tertiary/aromatic N) is 3. The van der Waals surface area contributed by atoms with Gasteiger partial charge in [-0.15, -0.1) is 35.3 Å². The molecule has 146 valence electrons. The van der Waals surface area contributed by atoms with Crippen molar-refractivity contribution in [2.75, 3.05) is 53.5 Å². The van der Waals surface area contributed by atoms with Gasteiger partial charge in [0, 0.05) is 44.6 Å². The predicted molar refractivity (Wildman–Crippen MR) is 119 cm³/mol. The van der Waals surface area contributed by atoms with Crippen LogP contribution in [0, 0.1) is 13.8 Å². The smallest absolute Gasteiger partial charge is 0.191 e. The quantitative estimate of drug-likeness (QED) is 0.219. The fourth-order valence-electron chi connectivity index (χ4n) is 2.17. The molecule has 0 aliphatic carbocycles. The van der Waals surface area contributed by atoms with Crippen molar-refractivity contribution in [1.82, 2.24) is 20.5 Å². The number of likely N-dealkylation sites (N-methyl/N-ethyl adjacent to an activating group) is 1. The van der Waals surface area contributed by atoms with Crippen molar-refractivity contribution in [3.8, 4) is 0 Å². The van der Waals surface area contributed by atoms with Crippen LogP contribution in [0.2, 0.25) is 0 Å². The summed E-state index contributed by atoms with van der Waals surface area (Å²) in [5.41, 5.74) is 1.15. The van der Waals surface area contributed by atoms with E-state index in [1.54, 1.807) is 18.4 Å². The predicted octanol–water partition coefficient (Wildman–Crippen LogP) is 2.44. The number of nitrogens with one attached hydrogen (secondary N) is 2. The molecule has 1 aromatic heterocycles. The minimum Gasteiger partial charge on any atom is -0.383 e. The maximum atomic E-state index is 5.09. The number of hydrogen-bond donors (Lipinski definition) is 2. The first kappa shape index (κ1) is 24.6. The highest BCUT2D eigenvalue weighted by Gasteiger charge is 2.04. The third-order valence-electron chi connectivity index (χ3n) is 3.69. The summed E-state index contributed by atoms with van der Waals surface area (Å²) >= 11 is 1.78. The normalized spacial score (nSPS) is 11.5. The van der Waals surface area contributed by atoms with E-state index in [0.29, 0.717) is 0 Å². The zero-order chi connectivity index (χ0) is 17.8. The minimum absolute atomic E-state index is 0. The van der Waals surface area contributed by atoms with Gasteiger partial charge >= 0.3 is 0 Å². The molecule has 1 heterocycles. The Bertz CT molecular complexity index is 476. The Balaban J connectivity index is 0.00000576. The lowest BCUT2D eigenvalue weighted by Gasteiger charge is -2.15. The van der Waals surface area contributed by atoms with Crippen molar-refractivity contribution in [1.29, 1.82) is 0 Å². The Morgan fingerprint density at radius 1 is 1.28 bits per heavy atom. The highest BCUT2D eigenvalue weighted by molar-refractivity contribution is 14.0. The Morgan fingerprint density at radius 3 is 2.64 bits per heavy atom. The molecule has 0 saturated heterocycles. The van der Waals surface area contributed by atoms with Crippen LogP contribution in [0.25, 0.3) is 0 Å². The van der Waals surface area contributed by atoms with Crippen LogP contribution in [0.15, 0.2) is 4.99 Å². The second-order valence-electron chi connectivity index (χ2n) is 5.84. The van der Waals surface area contributed by atoms with Crippen LogP contribution < -0.4 is 10.6 Å². The standard InChI is InChI=1S/C17H33N5OS.HI/c1-6-18-17(19-9-7-11-22(4)12-13-23-5)20-10-8-16-21-14(2)15(3)24-16;/h6-13H2,1-5H3,(H2,18,19,20);1H. The zero-order valence-electron chi connectivity index (χ0n) is 16.2. The summed E-state index contributed by atoms with van der Waals surface area (Å²) in [5.74, 6) is 0.891. The maximum absolute atomic E-state index is 5.09. The van der Waals surface area contributed by atoms with E-state index >= 15 is 0 Å². The summed E-state index contributed by atoms with van der Waals surface area (Å²) < 4.78 is 5.09. The molecular formula is C17H34IN5OS. The molecule has 0 aliphatic heterocycles. The van der Waals surface area contributed by atoms with Gasteiger partial charge in [-0.3, -0.25) is 4.99 Å². The van der Waals surface area contributed by atoms with Crippen molar-refractivity contribution < 1.29 is 4.74 Å². The number of ether oxygens (including phenoxy) is 1. The fourth-order valence-corrected chi connectivity index (χ4v) is 3.10. The van der Waals surface area contributed by atoms with Gasteiger partial charge in [0.25, 0.3) is 0 Å². The van der Waals surface area contributed by atoms with Crippen LogP contribution in [0.5, 0.6) is 0 Å². The van der Waals surface area contributed by atoms with Gasteiger partial charge < -0.3 is 20.3 Å². The molecule has 0 unspecified atom stereocenters. The van der Waals surface area contributed by atoms with Crippen molar-refractivity contribution in [3.63, 3.8) is 0 Å². The number of halogens is 1. The van der Waals surface area contributed by atoms with Crippen molar-refractivity contribution >= 4 is 41.3 Å². The first-order valence-electron chi connectivity index (χ1n) is 8.69. The van der Waals surface area contributed by atoms with E-state index < -0.39 is 0 Å². The molecule has 8 heteroatoms. The topological polar surface area (TPSA) is 61.8 Å². The van der Waals surface area contributed by atoms with Gasteiger partial charge in [0.05, 0.1) is 17.3 Å². The summed E-state index contributed by atoms with van der Waals surface area (Å²) in [6.45, 7) is 11.6. The number of methoxy groups -OCH3 is 1. The lowest BCUT2D eigenvalue weighted by molar-refractivity contribution is 0.161. The first-order chi connectivity index (χ1) is 11.6. The molecule has 0 spiro atoms. The van der Waals surface area contributed by atoms with E-state index in [4.69, 9.17) is 4.74 Å². The van der Waals surface area contributed by atoms with Gasteiger partial charge in [-0.2, -0.15) is 0 Å². The van der Waals surface area contributed by atoms with Crippen LogP contribution in [-0.2, 0) is 11.2 Å². The van der Waals surface area contributed by atoms with Crippen LogP contribution in [-0.4, -0.2) is 69.3 Å². The van der Waals surface area contributed by atoms with E-state index in [1.807, 2.05) is 0 Å². The van der Waals surface area contributed by atoms with Gasteiger partial charge in [-0.25, -0.2) is 4.98 Å². The zero-order valence-corrected chi connectivity index (χ0v) is 19.4. The van der Waals surface area contributed by atoms with Crippen LogP contribution in [0.1, 0.15) is 28.9 Å². The highest BCUT2D eigenvalue weighted by atomic mass is 127. The molecule has 0 saturated carbocycles. The van der Waals surface area contributed by atoms with Crippen LogP contribution in [0.4, 0.5) is 0 Å². The van der Waals surface area contributed by atoms with Gasteiger partial charge in [0.15, 0.2) is 5.96 Å². The number of aryl methyl sites for hydroxylation is 2. The Kier molecular flexibility index (Phi) is 14.4. The molecule has 25 heavy (non-hydrogen) atoms. The number of guanidine groups is 1. The molecular weight excluding hydrogens is 449 g/mol. The number of hydrogen-bond acceptors (Lipinski definition) is 5. The van der Waals surface area contributed by atoms with E-state index in [2.05, 4.69) is 53.3 Å². The van der Waals surface area contributed by atoms with E-state index in [-0.39, 0.29) is 24.0 Å². The molecule has 0 fully saturated rings. The maximum Gasteiger partial charge on any atom is 0.191 e. The molecule has 0 radical (unpaired) electrons. The average Bonchev–Trinajstić information content (AvgIpc) is 2.87. The molecule has 6 nitrogen and oxygen atoms in total. The fraction of sp³-hybridized carbons (Fsp3) is 0.765. The van der Waals surface area contributed by atoms with Gasteiger partial charge in [0.2, 0.25) is 0 Å². The molecule has 0 atom stereocenters. The molecule has 0 amide bonds. The third kappa shape index (κ3) is 11.0. The molecule has 1 aromatic rings. The molecule has 0 aliphatic rings. The number of aliphatic imine (C=N–C) groups is 1. The van der Waals surface area contributed by atoms with Gasteiger partial charge in [-0.05, 0) is 40.8 Å². The van der Waals surface area contributed by atoms with E-state index in [9.17, 15) is 0 Å². The van der Waals surface area contributed by atoms with Crippen LogP contribution in [0.3, 0.4) is 0 Å². The summed E-state index contributed by atoms with van der Waals surface area (Å²) in [6.07, 6.45) is 1.98. The van der Waals surface area contributed by atoms with Crippen LogP contribution >= 0.6 is 35.3 Å². The Morgan fingerprint density at radius 2 is 2.04 bits per heavy atom. The second-order valence-corrected chi connectivity index (χ2v) is 7.12. The second kappa shape index (κ2) is 14.7. The third-order valence-corrected chi connectivity index (χ3v) is 4.83. The number of rotatable bonds is 11. The lowest BCUT2D eigenvalue weighted by Crippen LogP contribution is -2.38. The summed E-state index contributed by atoms with van der Waals surface area (Å²) in [7, 11) is 3.85. The van der Waals surface area contributed by atoms with E-state index in [1.165, 1.54) is 9.88 Å². The lowest BCUT2D eigenvalue weighted by atomic mass is 10.4. The number of thiazole rings is 1. The number of aromatic nitrogens is 1. The van der Waals surface area contributed by atoms with Crippen molar-refractivity contribution in [2.45, 2.75) is 33.6 Å². The molecule has 0 bridgehead atoms. The molecule has 2 N–H and O–H groups in total. The van der Waals surface area contributed by atoms with Crippen molar-refractivity contribution in [3.05, 3.63) is 15.6 Å². The Labute approximate surface area is 173 Å². The average molecular weight is 483 g/mol. The summed E-state index contributed by atoms with van der Waals surface area (Å²) in [6, 6.07) is 0. The molecule has 0 aromatic carbocycles. The van der Waals surface area contributed by atoms with Gasteiger partial charge in [0.1, 0.15) is 0 Å². The Hall–Kier alpha value is -0.450.